The number of nitrogens with zero attached hydrogens (tertiary/aromatic N) is 1. The Morgan fingerprint density at radius 3 is 2.34 bits per heavy atom. The second-order valence-electron chi connectivity index (χ2n) is 8.07. The largest absolute Gasteiger partial charge is 0.497 e. The first-order valence-corrected chi connectivity index (χ1v) is 10.8. The number of aliphatic hydroxyl groups is 1. The average Bonchev–Trinajstić information content (AvgIpc) is 2.82. The van der Waals surface area contributed by atoms with E-state index in [1.54, 1.807) is 13.2 Å². The molecule has 0 heterocycles. The minimum Gasteiger partial charge on any atom is -0.497 e. The van der Waals surface area contributed by atoms with Gasteiger partial charge in [-0.1, -0.05) is 47.8 Å². The van der Waals surface area contributed by atoms with Gasteiger partial charge >= 0.3 is 0 Å². The molecule has 0 aliphatic heterocycles. The monoisotopic (exact) mass is 433 g/mol. The van der Waals surface area contributed by atoms with Crippen molar-refractivity contribution >= 4 is 29.3 Å². The van der Waals surface area contributed by atoms with Gasteiger partial charge < -0.3 is 14.7 Å². The number of ether oxygens (including phenoxy) is 1. The molecule has 1 fully saturated rings. The average molecular weight is 434 g/mol. The molecule has 0 aromatic heterocycles. The van der Waals surface area contributed by atoms with Crippen LogP contribution in [0.15, 0.2) is 48.0 Å². The maximum atomic E-state index is 12.3. The first-order chi connectivity index (χ1) is 13.8. The number of hydrogen-bond acceptors (Lipinski definition) is 3. The molecule has 2 aromatic carbocycles. The SMILES string of the molecule is COc1ccc(/C=C2\CCCCC(CN(C)C)C2(O)c2cc(Cl)cc(Cl)c2)cc1. The summed E-state index contributed by atoms with van der Waals surface area (Å²) >= 11 is 12.7. The molecular weight excluding hydrogens is 405 g/mol. The van der Waals surface area contributed by atoms with Crippen LogP contribution in [0.1, 0.15) is 36.8 Å². The summed E-state index contributed by atoms with van der Waals surface area (Å²) in [6, 6.07) is 13.3. The van der Waals surface area contributed by atoms with Crippen molar-refractivity contribution in [3.8, 4) is 5.75 Å². The van der Waals surface area contributed by atoms with E-state index in [-0.39, 0.29) is 5.92 Å². The van der Waals surface area contributed by atoms with E-state index < -0.39 is 5.60 Å². The Bertz CT molecular complexity index is 843. The van der Waals surface area contributed by atoms with Gasteiger partial charge in [-0.05, 0) is 80.4 Å². The van der Waals surface area contributed by atoms with Gasteiger partial charge in [0.2, 0.25) is 0 Å². The smallest absolute Gasteiger partial charge is 0.118 e. The topological polar surface area (TPSA) is 32.7 Å². The molecule has 2 atom stereocenters. The summed E-state index contributed by atoms with van der Waals surface area (Å²) in [5.41, 5.74) is 1.68. The first kappa shape index (κ1) is 22.2. The van der Waals surface area contributed by atoms with E-state index in [1.807, 2.05) is 50.5 Å². The lowest BCUT2D eigenvalue weighted by atomic mass is 9.74. The Balaban J connectivity index is 2.14. The van der Waals surface area contributed by atoms with Gasteiger partial charge in [-0.3, -0.25) is 0 Å². The molecule has 0 spiro atoms. The molecule has 1 saturated carbocycles. The summed E-state index contributed by atoms with van der Waals surface area (Å²) < 4.78 is 5.27. The zero-order valence-electron chi connectivity index (χ0n) is 17.3. The van der Waals surface area contributed by atoms with Crippen molar-refractivity contribution in [3.05, 3.63) is 69.2 Å². The third kappa shape index (κ3) is 5.16. The van der Waals surface area contributed by atoms with Crippen molar-refractivity contribution < 1.29 is 9.84 Å². The Morgan fingerprint density at radius 1 is 1.10 bits per heavy atom. The fourth-order valence-electron chi connectivity index (χ4n) is 4.31. The molecule has 1 aliphatic rings. The lowest BCUT2D eigenvalue weighted by Gasteiger charge is -2.39. The lowest BCUT2D eigenvalue weighted by molar-refractivity contribution is 0.000497. The molecule has 1 N–H and O–H groups in total. The van der Waals surface area contributed by atoms with E-state index in [0.717, 1.165) is 54.7 Å². The summed E-state index contributed by atoms with van der Waals surface area (Å²) in [5.74, 6) is 0.856. The summed E-state index contributed by atoms with van der Waals surface area (Å²) in [6.07, 6.45) is 6.01. The van der Waals surface area contributed by atoms with Gasteiger partial charge in [0.15, 0.2) is 0 Å². The molecule has 0 saturated heterocycles. The standard InChI is InChI=1S/C24H29Cl2NO2/c1-27(2)16-19-7-5-4-6-18(12-17-8-10-23(29-3)11-9-17)24(19,28)20-13-21(25)15-22(26)14-20/h8-15,19,28H,4-7,16H2,1-3H3/b18-12+. The number of methoxy groups -OCH3 is 1. The highest BCUT2D eigenvalue weighted by molar-refractivity contribution is 6.34. The second-order valence-corrected chi connectivity index (χ2v) is 8.95. The van der Waals surface area contributed by atoms with Crippen LogP contribution in [0.25, 0.3) is 6.08 Å². The van der Waals surface area contributed by atoms with Crippen molar-refractivity contribution in [2.75, 3.05) is 27.7 Å². The minimum absolute atomic E-state index is 0.0408. The highest BCUT2D eigenvalue weighted by Crippen LogP contribution is 2.46. The van der Waals surface area contributed by atoms with Crippen LogP contribution in [0.4, 0.5) is 0 Å². The molecule has 5 heteroatoms. The third-order valence-electron chi connectivity index (χ3n) is 5.67. The Kier molecular flexibility index (Phi) is 7.28. The van der Waals surface area contributed by atoms with Gasteiger partial charge in [-0.2, -0.15) is 0 Å². The molecule has 3 nitrogen and oxygen atoms in total. The molecule has 0 amide bonds. The van der Waals surface area contributed by atoms with Gasteiger partial charge in [-0.25, -0.2) is 0 Å². The van der Waals surface area contributed by atoms with E-state index in [0.29, 0.717) is 10.0 Å². The van der Waals surface area contributed by atoms with Crippen LogP contribution < -0.4 is 4.74 Å². The molecule has 156 valence electrons. The molecule has 0 radical (unpaired) electrons. The molecule has 29 heavy (non-hydrogen) atoms. The van der Waals surface area contributed by atoms with Crippen LogP contribution in [0.5, 0.6) is 5.75 Å². The van der Waals surface area contributed by atoms with E-state index in [1.165, 1.54) is 0 Å². The van der Waals surface area contributed by atoms with E-state index >= 15 is 0 Å². The molecule has 0 bridgehead atoms. The molecular formula is C24H29Cl2NO2. The van der Waals surface area contributed by atoms with E-state index in [2.05, 4.69) is 11.0 Å². The zero-order valence-corrected chi connectivity index (χ0v) is 18.8. The van der Waals surface area contributed by atoms with Crippen LogP contribution in [0.2, 0.25) is 10.0 Å². The van der Waals surface area contributed by atoms with Gasteiger partial charge in [0.25, 0.3) is 0 Å². The van der Waals surface area contributed by atoms with Gasteiger partial charge in [0, 0.05) is 22.5 Å². The summed E-state index contributed by atoms with van der Waals surface area (Å²) in [6.45, 7) is 0.778. The van der Waals surface area contributed by atoms with Gasteiger partial charge in [0.1, 0.15) is 11.4 Å². The molecule has 3 rings (SSSR count). The molecule has 2 unspecified atom stereocenters. The highest BCUT2D eigenvalue weighted by Gasteiger charge is 2.43. The number of halogens is 2. The molecule has 2 aromatic rings. The predicted molar refractivity (Wildman–Crippen MR) is 122 cm³/mol. The summed E-state index contributed by atoms with van der Waals surface area (Å²) in [7, 11) is 5.75. The quantitative estimate of drug-likeness (QED) is 0.584. The van der Waals surface area contributed by atoms with E-state index in [4.69, 9.17) is 27.9 Å². The number of hydrogen-bond donors (Lipinski definition) is 1. The fraction of sp³-hybridized carbons (Fsp3) is 0.417. The summed E-state index contributed by atoms with van der Waals surface area (Å²) in [4.78, 5) is 2.14. The lowest BCUT2D eigenvalue weighted by Crippen LogP contribution is -2.41. The van der Waals surface area contributed by atoms with Crippen LogP contribution >= 0.6 is 23.2 Å². The third-order valence-corrected chi connectivity index (χ3v) is 6.11. The number of benzene rings is 2. The van der Waals surface area contributed by atoms with Crippen molar-refractivity contribution in [1.82, 2.24) is 4.90 Å². The van der Waals surface area contributed by atoms with Crippen molar-refractivity contribution in [3.63, 3.8) is 0 Å². The highest BCUT2D eigenvalue weighted by atomic mass is 35.5. The number of rotatable bonds is 5. The van der Waals surface area contributed by atoms with Crippen molar-refractivity contribution in [2.45, 2.75) is 31.3 Å². The fourth-order valence-corrected chi connectivity index (χ4v) is 4.84. The maximum absolute atomic E-state index is 12.3. The van der Waals surface area contributed by atoms with Crippen LogP contribution in [-0.4, -0.2) is 37.8 Å². The summed E-state index contributed by atoms with van der Waals surface area (Å²) in [5, 5.41) is 13.3. The van der Waals surface area contributed by atoms with Gasteiger partial charge in [0.05, 0.1) is 7.11 Å². The van der Waals surface area contributed by atoms with Crippen molar-refractivity contribution in [2.24, 2.45) is 5.92 Å². The molecule has 1 aliphatic carbocycles. The van der Waals surface area contributed by atoms with Crippen LogP contribution in [-0.2, 0) is 5.60 Å². The minimum atomic E-state index is -1.13. The normalized spacial score (nSPS) is 24.0. The predicted octanol–water partition coefficient (Wildman–Crippen LogP) is 6.03. The zero-order chi connectivity index (χ0) is 21.0. The Labute approximate surface area is 183 Å². The Hall–Kier alpha value is -1.52. The second kappa shape index (κ2) is 9.53. The van der Waals surface area contributed by atoms with Crippen LogP contribution in [0.3, 0.4) is 0 Å². The Morgan fingerprint density at radius 2 is 1.76 bits per heavy atom. The first-order valence-electron chi connectivity index (χ1n) is 10.0. The van der Waals surface area contributed by atoms with Gasteiger partial charge in [-0.15, -0.1) is 0 Å². The van der Waals surface area contributed by atoms with Crippen LogP contribution in [0, 0.1) is 5.92 Å². The van der Waals surface area contributed by atoms with E-state index in [9.17, 15) is 5.11 Å². The van der Waals surface area contributed by atoms with Crippen molar-refractivity contribution in [1.29, 1.82) is 0 Å². The maximum Gasteiger partial charge on any atom is 0.118 e.